The largest absolute Gasteiger partial charge is 0.330 e. The molecule has 0 aliphatic carbocycles. The summed E-state index contributed by atoms with van der Waals surface area (Å²) >= 11 is 0. The molecule has 2 aliphatic heterocycles. The summed E-state index contributed by atoms with van der Waals surface area (Å²) in [5, 5.41) is 0. The van der Waals surface area contributed by atoms with Crippen LogP contribution in [-0.4, -0.2) is 43.5 Å². The SMILES string of the molecule is CC1(CN)CCN(CC(=O)N2CCCc3ccccc32)C1.Cl. The van der Waals surface area contributed by atoms with E-state index in [1.807, 2.05) is 11.0 Å². The molecule has 2 N–H and O–H groups in total. The molecule has 1 unspecified atom stereocenters. The molecule has 1 amide bonds. The van der Waals surface area contributed by atoms with Crippen LogP contribution in [0.3, 0.4) is 0 Å². The molecule has 2 heterocycles. The molecule has 0 spiro atoms. The Morgan fingerprint density at radius 1 is 1.32 bits per heavy atom. The smallest absolute Gasteiger partial charge is 0.241 e. The van der Waals surface area contributed by atoms with Crippen molar-refractivity contribution in [1.82, 2.24) is 4.90 Å². The summed E-state index contributed by atoms with van der Waals surface area (Å²) in [7, 11) is 0. The number of carbonyl (C=O) groups is 1. The number of likely N-dealkylation sites (tertiary alicyclic amines) is 1. The zero-order valence-corrected chi connectivity index (χ0v) is 14.1. The zero-order valence-electron chi connectivity index (χ0n) is 13.3. The topological polar surface area (TPSA) is 49.6 Å². The molecule has 1 aromatic carbocycles. The molecule has 122 valence electrons. The van der Waals surface area contributed by atoms with E-state index in [4.69, 9.17) is 5.73 Å². The van der Waals surface area contributed by atoms with Gasteiger partial charge in [0.1, 0.15) is 0 Å². The molecule has 0 radical (unpaired) electrons. The van der Waals surface area contributed by atoms with Crippen LogP contribution in [-0.2, 0) is 11.2 Å². The number of rotatable bonds is 3. The Balaban J connectivity index is 0.00000176. The van der Waals surface area contributed by atoms with E-state index in [0.29, 0.717) is 13.1 Å². The first kappa shape index (κ1) is 17.3. The van der Waals surface area contributed by atoms with Gasteiger partial charge in [-0.3, -0.25) is 9.69 Å². The van der Waals surface area contributed by atoms with Gasteiger partial charge in [-0.25, -0.2) is 0 Å². The maximum absolute atomic E-state index is 12.7. The Morgan fingerprint density at radius 3 is 2.82 bits per heavy atom. The van der Waals surface area contributed by atoms with E-state index in [0.717, 1.165) is 44.6 Å². The number of nitrogens with zero attached hydrogens (tertiary/aromatic N) is 2. The highest BCUT2D eigenvalue weighted by molar-refractivity contribution is 5.96. The number of halogens is 1. The number of hydrogen-bond donors (Lipinski definition) is 1. The Kier molecular flexibility index (Phi) is 5.48. The fraction of sp³-hybridized carbons (Fsp3) is 0.588. The average Bonchev–Trinajstić information content (AvgIpc) is 2.88. The van der Waals surface area contributed by atoms with Gasteiger partial charge >= 0.3 is 0 Å². The number of amides is 1. The highest BCUT2D eigenvalue weighted by atomic mass is 35.5. The minimum Gasteiger partial charge on any atom is -0.330 e. The van der Waals surface area contributed by atoms with Gasteiger partial charge in [-0.1, -0.05) is 25.1 Å². The van der Waals surface area contributed by atoms with Gasteiger partial charge in [0.15, 0.2) is 0 Å². The minimum atomic E-state index is 0. The number of nitrogens with two attached hydrogens (primary N) is 1. The number of anilines is 1. The lowest BCUT2D eigenvalue weighted by Gasteiger charge is -2.31. The average molecular weight is 324 g/mol. The molecule has 2 aliphatic rings. The third-order valence-electron chi connectivity index (χ3n) is 4.90. The van der Waals surface area contributed by atoms with E-state index >= 15 is 0 Å². The van der Waals surface area contributed by atoms with Crippen LogP contribution in [0.4, 0.5) is 5.69 Å². The first-order valence-corrected chi connectivity index (χ1v) is 7.92. The van der Waals surface area contributed by atoms with Gasteiger partial charge < -0.3 is 10.6 Å². The van der Waals surface area contributed by atoms with Crippen molar-refractivity contribution in [2.75, 3.05) is 37.6 Å². The summed E-state index contributed by atoms with van der Waals surface area (Å²) in [6, 6.07) is 8.28. The van der Waals surface area contributed by atoms with Gasteiger partial charge in [0.2, 0.25) is 5.91 Å². The van der Waals surface area contributed by atoms with Crippen molar-refractivity contribution in [2.45, 2.75) is 26.2 Å². The molecule has 1 saturated heterocycles. The fourth-order valence-electron chi connectivity index (χ4n) is 3.50. The summed E-state index contributed by atoms with van der Waals surface area (Å²) in [6.45, 7) is 6.19. The predicted octanol–water partition coefficient (Wildman–Crippen LogP) is 2.06. The van der Waals surface area contributed by atoms with E-state index < -0.39 is 0 Å². The van der Waals surface area contributed by atoms with Crippen molar-refractivity contribution in [1.29, 1.82) is 0 Å². The van der Waals surface area contributed by atoms with E-state index in [2.05, 4.69) is 30.0 Å². The second kappa shape index (κ2) is 6.99. The molecule has 0 aromatic heterocycles. The molecular formula is C17H26ClN3O. The maximum Gasteiger partial charge on any atom is 0.241 e. The van der Waals surface area contributed by atoms with E-state index in [1.54, 1.807) is 0 Å². The molecule has 1 fully saturated rings. The second-order valence-electron chi connectivity index (χ2n) is 6.75. The quantitative estimate of drug-likeness (QED) is 0.926. The number of carbonyl (C=O) groups excluding carboxylic acids is 1. The highest BCUT2D eigenvalue weighted by Gasteiger charge is 2.34. The number of aryl methyl sites for hydroxylation is 1. The van der Waals surface area contributed by atoms with E-state index in [-0.39, 0.29) is 23.7 Å². The van der Waals surface area contributed by atoms with Crippen LogP contribution >= 0.6 is 12.4 Å². The molecule has 3 rings (SSSR count). The lowest BCUT2D eigenvalue weighted by molar-refractivity contribution is -0.119. The predicted molar refractivity (Wildman–Crippen MR) is 92.6 cm³/mol. The van der Waals surface area contributed by atoms with Crippen LogP contribution in [0.5, 0.6) is 0 Å². The first-order valence-electron chi connectivity index (χ1n) is 7.92. The maximum atomic E-state index is 12.7. The Labute approximate surface area is 139 Å². The van der Waals surface area contributed by atoms with Crippen LogP contribution in [0.2, 0.25) is 0 Å². The van der Waals surface area contributed by atoms with Gasteiger partial charge in [0, 0.05) is 18.8 Å². The Hall–Kier alpha value is -1.10. The Morgan fingerprint density at radius 2 is 2.09 bits per heavy atom. The normalized spacial score (nSPS) is 24.7. The summed E-state index contributed by atoms with van der Waals surface area (Å²) in [6.07, 6.45) is 3.23. The van der Waals surface area contributed by atoms with Crippen molar-refractivity contribution in [2.24, 2.45) is 11.1 Å². The van der Waals surface area contributed by atoms with Gasteiger partial charge in [-0.2, -0.15) is 0 Å². The van der Waals surface area contributed by atoms with Crippen LogP contribution < -0.4 is 10.6 Å². The van der Waals surface area contributed by atoms with Gasteiger partial charge in [-0.05, 0) is 49.4 Å². The number of fused-ring (bicyclic) bond motifs is 1. The van der Waals surface area contributed by atoms with E-state index in [1.165, 1.54) is 5.56 Å². The molecule has 0 saturated carbocycles. The molecule has 5 heteroatoms. The second-order valence-corrected chi connectivity index (χ2v) is 6.75. The molecule has 0 bridgehead atoms. The molecule has 4 nitrogen and oxygen atoms in total. The zero-order chi connectivity index (χ0) is 14.9. The summed E-state index contributed by atoms with van der Waals surface area (Å²) in [5.41, 5.74) is 8.43. The third-order valence-corrected chi connectivity index (χ3v) is 4.90. The Bertz CT molecular complexity index is 536. The van der Waals surface area contributed by atoms with Gasteiger partial charge in [0.05, 0.1) is 6.54 Å². The third kappa shape index (κ3) is 3.45. The highest BCUT2D eigenvalue weighted by Crippen LogP contribution is 2.30. The lowest BCUT2D eigenvalue weighted by atomic mass is 9.90. The minimum absolute atomic E-state index is 0. The summed E-state index contributed by atoms with van der Waals surface area (Å²) in [4.78, 5) is 16.9. The monoisotopic (exact) mass is 323 g/mol. The first-order chi connectivity index (χ1) is 10.1. The number of hydrogen-bond acceptors (Lipinski definition) is 3. The van der Waals surface area contributed by atoms with Crippen molar-refractivity contribution in [3.63, 3.8) is 0 Å². The molecular weight excluding hydrogens is 298 g/mol. The number of para-hydroxylation sites is 1. The lowest BCUT2D eigenvalue weighted by Crippen LogP contribution is -2.43. The fourth-order valence-corrected chi connectivity index (χ4v) is 3.50. The van der Waals surface area contributed by atoms with Crippen LogP contribution in [0, 0.1) is 5.41 Å². The summed E-state index contributed by atoms with van der Waals surface area (Å²) in [5.74, 6) is 0.225. The summed E-state index contributed by atoms with van der Waals surface area (Å²) < 4.78 is 0. The van der Waals surface area contributed by atoms with Gasteiger partial charge in [0.25, 0.3) is 0 Å². The van der Waals surface area contributed by atoms with Crippen molar-refractivity contribution < 1.29 is 4.79 Å². The van der Waals surface area contributed by atoms with Crippen LogP contribution in [0.25, 0.3) is 0 Å². The van der Waals surface area contributed by atoms with Crippen LogP contribution in [0.1, 0.15) is 25.3 Å². The van der Waals surface area contributed by atoms with Gasteiger partial charge in [-0.15, -0.1) is 12.4 Å². The van der Waals surface area contributed by atoms with Crippen LogP contribution in [0.15, 0.2) is 24.3 Å². The molecule has 1 aromatic rings. The standard InChI is InChI=1S/C17H25N3O.ClH/c1-17(12-18)8-10-19(13-17)11-16(21)20-9-4-6-14-5-2-3-7-15(14)20;/h2-3,5,7H,4,6,8-13,18H2,1H3;1H. The number of benzene rings is 1. The molecule has 1 atom stereocenters. The van der Waals surface area contributed by atoms with E-state index in [9.17, 15) is 4.79 Å². The van der Waals surface area contributed by atoms with Crippen molar-refractivity contribution >= 4 is 24.0 Å². The molecule has 22 heavy (non-hydrogen) atoms. The van der Waals surface area contributed by atoms with Crippen molar-refractivity contribution in [3.05, 3.63) is 29.8 Å². The van der Waals surface area contributed by atoms with Crippen molar-refractivity contribution in [3.8, 4) is 0 Å².